The molecule has 0 spiro atoms. The lowest BCUT2D eigenvalue weighted by molar-refractivity contribution is 0.0699. The van der Waals surface area contributed by atoms with Crippen molar-refractivity contribution >= 4 is 39.6 Å². The third-order valence-electron chi connectivity index (χ3n) is 2.79. The summed E-state index contributed by atoms with van der Waals surface area (Å²) in [7, 11) is 0. The summed E-state index contributed by atoms with van der Waals surface area (Å²) in [6.45, 7) is 0. The lowest BCUT2D eigenvalue weighted by Gasteiger charge is -2.04. The van der Waals surface area contributed by atoms with Crippen LogP contribution >= 0.6 is 22.6 Å². The molecule has 94 valence electrons. The van der Waals surface area contributed by atoms with Gasteiger partial charge >= 0.3 is 5.97 Å². The van der Waals surface area contributed by atoms with Crippen molar-refractivity contribution in [3.8, 4) is 5.69 Å². The van der Waals surface area contributed by atoms with Crippen molar-refractivity contribution in [2.24, 2.45) is 0 Å². The van der Waals surface area contributed by atoms with Crippen molar-refractivity contribution in [3.63, 3.8) is 0 Å². The van der Waals surface area contributed by atoms with Gasteiger partial charge < -0.3 is 5.11 Å². The fourth-order valence-electron chi connectivity index (χ4n) is 1.92. The van der Waals surface area contributed by atoms with Gasteiger partial charge in [-0.25, -0.2) is 9.48 Å². The molecule has 0 saturated carbocycles. The summed E-state index contributed by atoms with van der Waals surface area (Å²) in [5, 5.41) is 17.2. The van der Waals surface area contributed by atoms with Crippen LogP contribution in [0.4, 0.5) is 0 Å². The van der Waals surface area contributed by atoms with Gasteiger partial charge in [0.15, 0.2) is 0 Å². The molecule has 6 heteroatoms. The maximum Gasteiger partial charge on any atom is 0.338 e. The molecule has 0 amide bonds. The molecule has 0 bridgehead atoms. The lowest BCUT2D eigenvalue weighted by Crippen LogP contribution is -2.00. The number of rotatable bonds is 2. The van der Waals surface area contributed by atoms with Gasteiger partial charge in [0, 0.05) is 3.57 Å². The Morgan fingerprint density at radius 3 is 2.68 bits per heavy atom. The Bertz CT molecular complexity index is 782. The second-order valence-electron chi connectivity index (χ2n) is 3.93. The van der Waals surface area contributed by atoms with Crippen molar-refractivity contribution in [3.05, 3.63) is 51.6 Å². The number of halogens is 1. The average molecular weight is 365 g/mol. The molecule has 3 aromatic rings. The predicted octanol–water partition coefficient (Wildman–Crippen LogP) is 2.72. The molecule has 0 unspecified atom stereocenters. The van der Waals surface area contributed by atoms with E-state index in [1.807, 2.05) is 30.3 Å². The molecule has 0 radical (unpaired) electrons. The van der Waals surface area contributed by atoms with Crippen LogP contribution in [0, 0.1) is 3.57 Å². The van der Waals surface area contributed by atoms with E-state index in [-0.39, 0.29) is 5.56 Å². The van der Waals surface area contributed by atoms with Crippen molar-refractivity contribution in [1.29, 1.82) is 0 Å². The van der Waals surface area contributed by atoms with Crippen LogP contribution < -0.4 is 0 Å². The van der Waals surface area contributed by atoms with Crippen LogP contribution in [0.5, 0.6) is 0 Å². The summed E-state index contributed by atoms with van der Waals surface area (Å²) in [6.07, 6.45) is 0. The summed E-state index contributed by atoms with van der Waals surface area (Å²) in [6, 6.07) is 12.8. The highest BCUT2D eigenvalue weighted by atomic mass is 127. The van der Waals surface area contributed by atoms with Crippen molar-refractivity contribution < 1.29 is 9.90 Å². The molecule has 0 aliphatic carbocycles. The maximum absolute atomic E-state index is 11.1. The normalized spacial score (nSPS) is 10.8. The van der Waals surface area contributed by atoms with Gasteiger partial charge in [0.1, 0.15) is 5.52 Å². The highest BCUT2D eigenvalue weighted by Gasteiger charge is 2.15. The zero-order valence-corrected chi connectivity index (χ0v) is 11.8. The topological polar surface area (TPSA) is 68.0 Å². The van der Waals surface area contributed by atoms with E-state index >= 15 is 0 Å². The molecule has 1 heterocycles. The number of hydrogen-bond acceptors (Lipinski definition) is 3. The first-order valence-electron chi connectivity index (χ1n) is 5.51. The van der Waals surface area contributed by atoms with Gasteiger partial charge in [0.05, 0.1) is 16.8 Å². The Kier molecular flexibility index (Phi) is 2.94. The fraction of sp³-hybridized carbons (Fsp3) is 0. The molecular weight excluding hydrogens is 357 g/mol. The van der Waals surface area contributed by atoms with Crippen LogP contribution in [-0.4, -0.2) is 26.1 Å². The summed E-state index contributed by atoms with van der Waals surface area (Å²) in [5.74, 6) is -1.000. The van der Waals surface area contributed by atoms with Crippen LogP contribution in [0.1, 0.15) is 10.4 Å². The SMILES string of the molecule is O=C(O)c1cccc2c1nnn2-c1ccccc1I. The Morgan fingerprint density at radius 2 is 1.95 bits per heavy atom. The molecule has 3 rings (SSSR count). The van der Waals surface area contributed by atoms with E-state index in [1.165, 1.54) is 6.07 Å². The molecule has 1 aromatic heterocycles. The third kappa shape index (κ3) is 1.97. The maximum atomic E-state index is 11.1. The van der Waals surface area contributed by atoms with Gasteiger partial charge in [-0.2, -0.15) is 0 Å². The number of hydrogen-bond donors (Lipinski definition) is 1. The number of fused-ring (bicyclic) bond motifs is 1. The lowest BCUT2D eigenvalue weighted by atomic mass is 10.2. The number of aromatic nitrogens is 3. The summed E-state index contributed by atoms with van der Waals surface area (Å²) in [4.78, 5) is 11.1. The zero-order valence-electron chi connectivity index (χ0n) is 9.62. The van der Waals surface area contributed by atoms with Crippen molar-refractivity contribution in [1.82, 2.24) is 15.0 Å². The van der Waals surface area contributed by atoms with E-state index in [0.717, 1.165) is 9.26 Å². The first-order chi connectivity index (χ1) is 9.18. The number of carbonyl (C=O) groups is 1. The number of carboxylic acids is 1. The van der Waals surface area contributed by atoms with Crippen LogP contribution in [0.15, 0.2) is 42.5 Å². The Labute approximate surface area is 122 Å². The Morgan fingerprint density at radius 1 is 1.16 bits per heavy atom. The Balaban J connectivity index is 2.31. The average Bonchev–Trinajstić information content (AvgIpc) is 2.82. The third-order valence-corrected chi connectivity index (χ3v) is 3.70. The summed E-state index contributed by atoms with van der Waals surface area (Å²) in [5.41, 5.74) is 2.13. The number of aromatic carboxylic acids is 1. The summed E-state index contributed by atoms with van der Waals surface area (Å²) >= 11 is 2.21. The minimum atomic E-state index is -1.000. The Hall–Kier alpha value is -1.96. The van der Waals surface area contributed by atoms with E-state index in [9.17, 15) is 4.79 Å². The highest BCUT2D eigenvalue weighted by molar-refractivity contribution is 14.1. The fourth-order valence-corrected chi connectivity index (χ4v) is 2.53. The molecule has 0 aliphatic rings. The van der Waals surface area contributed by atoms with E-state index in [4.69, 9.17) is 5.11 Å². The standard InChI is InChI=1S/C13H8IN3O2/c14-9-5-1-2-6-10(9)17-11-7-3-4-8(13(18)19)12(11)15-16-17/h1-7H,(H,18,19). The van der Waals surface area contributed by atoms with Gasteiger partial charge in [0.25, 0.3) is 0 Å². The first kappa shape index (κ1) is 12.1. The molecule has 0 saturated heterocycles. The minimum Gasteiger partial charge on any atom is -0.478 e. The molecule has 0 fully saturated rings. The van der Waals surface area contributed by atoms with Crippen molar-refractivity contribution in [2.75, 3.05) is 0 Å². The zero-order chi connectivity index (χ0) is 13.4. The van der Waals surface area contributed by atoms with Gasteiger partial charge in [-0.15, -0.1) is 5.10 Å². The quantitative estimate of drug-likeness (QED) is 0.710. The molecule has 19 heavy (non-hydrogen) atoms. The molecule has 5 nitrogen and oxygen atoms in total. The number of para-hydroxylation sites is 1. The van der Waals surface area contributed by atoms with Crippen LogP contribution in [-0.2, 0) is 0 Å². The van der Waals surface area contributed by atoms with Crippen LogP contribution in [0.25, 0.3) is 16.7 Å². The molecule has 0 atom stereocenters. The van der Waals surface area contributed by atoms with Crippen molar-refractivity contribution in [2.45, 2.75) is 0 Å². The van der Waals surface area contributed by atoms with E-state index in [0.29, 0.717) is 11.0 Å². The number of benzene rings is 2. The molecule has 1 N–H and O–H groups in total. The van der Waals surface area contributed by atoms with E-state index < -0.39 is 5.97 Å². The largest absolute Gasteiger partial charge is 0.478 e. The highest BCUT2D eigenvalue weighted by Crippen LogP contribution is 2.22. The smallest absolute Gasteiger partial charge is 0.338 e. The minimum absolute atomic E-state index is 0.162. The van der Waals surface area contributed by atoms with Gasteiger partial charge in [-0.3, -0.25) is 0 Å². The molecule has 2 aromatic carbocycles. The van der Waals surface area contributed by atoms with Crippen LogP contribution in [0.2, 0.25) is 0 Å². The van der Waals surface area contributed by atoms with Gasteiger partial charge in [-0.1, -0.05) is 23.4 Å². The van der Waals surface area contributed by atoms with E-state index in [1.54, 1.807) is 10.7 Å². The monoisotopic (exact) mass is 365 g/mol. The predicted molar refractivity (Wildman–Crippen MR) is 78.5 cm³/mol. The van der Waals surface area contributed by atoms with Gasteiger partial charge in [-0.05, 0) is 46.9 Å². The second-order valence-corrected chi connectivity index (χ2v) is 5.09. The van der Waals surface area contributed by atoms with Gasteiger partial charge in [0.2, 0.25) is 0 Å². The second kappa shape index (κ2) is 4.61. The summed E-state index contributed by atoms with van der Waals surface area (Å²) < 4.78 is 2.68. The van der Waals surface area contributed by atoms with E-state index in [2.05, 4.69) is 32.9 Å². The number of nitrogens with zero attached hydrogens (tertiary/aromatic N) is 3. The molecular formula is C13H8IN3O2. The van der Waals surface area contributed by atoms with Crippen LogP contribution in [0.3, 0.4) is 0 Å². The molecule has 0 aliphatic heterocycles. The first-order valence-corrected chi connectivity index (χ1v) is 6.59. The number of carboxylic acid groups (broad SMARTS) is 1.